The molecule has 0 radical (unpaired) electrons. The fraction of sp³-hybridized carbons (Fsp3) is 0.385. The smallest absolute Gasteiger partial charge is 0.413 e. The van der Waals surface area contributed by atoms with Crippen LogP contribution in [0.15, 0.2) is 18.2 Å². The number of alkyl carbamates (subject to hydrolysis) is 1. The van der Waals surface area contributed by atoms with Gasteiger partial charge in [0.15, 0.2) is 5.11 Å². The topological polar surface area (TPSA) is 93.9 Å². The van der Waals surface area contributed by atoms with Gasteiger partial charge in [0, 0.05) is 7.05 Å². The molecule has 1 aromatic carbocycles. The number of nitro benzene ring substituents is 1. The zero-order valence-electron chi connectivity index (χ0n) is 12.5. The minimum Gasteiger partial charge on any atom is -0.493 e. The lowest BCUT2D eigenvalue weighted by Gasteiger charge is -2.20. The number of hydrogen-bond donors (Lipinski definition) is 1. The fourth-order valence-corrected chi connectivity index (χ4v) is 1.76. The highest BCUT2D eigenvalue weighted by Crippen LogP contribution is 2.31. The number of carbonyl (C=O) groups is 1. The Kier molecular flexibility index (Phi) is 6.51. The van der Waals surface area contributed by atoms with E-state index in [4.69, 9.17) is 17.0 Å². The molecule has 0 saturated carbocycles. The van der Waals surface area contributed by atoms with Gasteiger partial charge in [0.05, 0.1) is 24.7 Å². The van der Waals surface area contributed by atoms with E-state index < -0.39 is 11.0 Å². The van der Waals surface area contributed by atoms with Gasteiger partial charge >= 0.3 is 6.09 Å². The average Bonchev–Trinajstić information content (AvgIpc) is 2.51. The Labute approximate surface area is 133 Å². The second-order valence-electron chi connectivity index (χ2n) is 4.24. The zero-order chi connectivity index (χ0) is 16.7. The molecule has 1 rings (SSSR count). The van der Waals surface area contributed by atoms with E-state index in [1.165, 1.54) is 31.2 Å². The number of thiocarbonyl (C=S) groups is 1. The Balaban J connectivity index is 3.04. The van der Waals surface area contributed by atoms with Crippen LogP contribution in [-0.2, 0) is 4.74 Å². The predicted octanol–water partition coefficient (Wildman–Crippen LogP) is 2.46. The number of anilines is 1. The summed E-state index contributed by atoms with van der Waals surface area (Å²) in [5.74, 6) is 0.401. The van der Waals surface area contributed by atoms with Crippen LogP contribution in [0.5, 0.6) is 5.75 Å². The Morgan fingerprint density at radius 1 is 1.50 bits per heavy atom. The SMILES string of the molecule is CCCOc1ccc(N(C)C(=S)NC(=O)OC)c([N+](=O)[O-])c1. The first-order chi connectivity index (χ1) is 10.4. The van der Waals surface area contributed by atoms with Crippen LogP contribution in [0.1, 0.15) is 13.3 Å². The molecule has 22 heavy (non-hydrogen) atoms. The van der Waals surface area contributed by atoms with Crippen LogP contribution in [-0.4, -0.2) is 36.9 Å². The Hall–Kier alpha value is -2.42. The van der Waals surface area contributed by atoms with Gasteiger partial charge in [-0.3, -0.25) is 15.4 Å². The standard InChI is InChI=1S/C13H17N3O5S/c1-4-7-21-9-5-6-10(11(8-9)16(18)19)15(2)12(22)14-13(17)20-3/h5-6,8H,4,7H2,1-3H3,(H,14,17,22). The van der Waals surface area contributed by atoms with Crippen molar-refractivity contribution in [1.29, 1.82) is 0 Å². The van der Waals surface area contributed by atoms with Crippen LogP contribution >= 0.6 is 12.2 Å². The van der Waals surface area contributed by atoms with Crippen molar-refractivity contribution in [3.8, 4) is 5.75 Å². The third-order valence-corrected chi connectivity index (χ3v) is 3.05. The Bertz CT molecular complexity index is 579. The number of methoxy groups -OCH3 is 1. The van der Waals surface area contributed by atoms with Gasteiger partial charge in [-0.2, -0.15) is 0 Å². The monoisotopic (exact) mass is 327 g/mol. The maximum absolute atomic E-state index is 11.2. The molecular weight excluding hydrogens is 310 g/mol. The highest BCUT2D eigenvalue weighted by molar-refractivity contribution is 7.80. The van der Waals surface area contributed by atoms with Gasteiger partial charge in [0.2, 0.25) is 0 Å². The number of nitro groups is 1. The van der Waals surface area contributed by atoms with Gasteiger partial charge in [-0.1, -0.05) is 6.92 Å². The second-order valence-corrected chi connectivity index (χ2v) is 4.62. The minimum absolute atomic E-state index is 0.0165. The lowest BCUT2D eigenvalue weighted by Crippen LogP contribution is -2.40. The molecule has 0 saturated heterocycles. The van der Waals surface area contributed by atoms with Gasteiger partial charge in [-0.15, -0.1) is 0 Å². The molecule has 0 aromatic heterocycles. The number of hydrogen-bond acceptors (Lipinski definition) is 6. The number of rotatable bonds is 5. The molecule has 0 spiro atoms. The van der Waals surface area contributed by atoms with E-state index in [1.807, 2.05) is 6.92 Å². The van der Waals surface area contributed by atoms with Crippen LogP contribution < -0.4 is 15.0 Å². The fourth-order valence-electron chi connectivity index (χ4n) is 1.57. The van der Waals surface area contributed by atoms with Gasteiger partial charge in [-0.25, -0.2) is 4.79 Å². The number of ether oxygens (including phenoxy) is 2. The maximum atomic E-state index is 11.2. The first kappa shape index (κ1) is 17.6. The normalized spacial score (nSPS) is 9.77. The molecule has 8 nitrogen and oxygen atoms in total. The average molecular weight is 327 g/mol. The van der Waals surface area contributed by atoms with Crippen molar-refractivity contribution in [3.05, 3.63) is 28.3 Å². The molecule has 1 amide bonds. The summed E-state index contributed by atoms with van der Waals surface area (Å²) in [5.41, 5.74) is 0.0559. The van der Waals surface area contributed by atoms with E-state index in [0.717, 1.165) is 6.42 Å². The molecule has 1 N–H and O–H groups in total. The van der Waals surface area contributed by atoms with E-state index in [1.54, 1.807) is 6.07 Å². The molecule has 0 heterocycles. The minimum atomic E-state index is -0.748. The molecular formula is C13H17N3O5S. The molecule has 0 bridgehead atoms. The van der Waals surface area contributed by atoms with E-state index >= 15 is 0 Å². The van der Waals surface area contributed by atoms with Crippen molar-refractivity contribution < 1.29 is 19.2 Å². The molecule has 0 fully saturated rings. The van der Waals surface area contributed by atoms with Crippen LogP contribution in [0.2, 0.25) is 0 Å². The van der Waals surface area contributed by atoms with Crippen molar-refractivity contribution in [2.24, 2.45) is 0 Å². The van der Waals surface area contributed by atoms with E-state index in [-0.39, 0.29) is 16.5 Å². The summed E-state index contributed by atoms with van der Waals surface area (Å²) in [4.78, 5) is 23.1. The van der Waals surface area contributed by atoms with Crippen molar-refractivity contribution >= 4 is 34.8 Å². The lowest BCUT2D eigenvalue weighted by molar-refractivity contribution is -0.384. The third kappa shape index (κ3) is 4.55. The second kappa shape index (κ2) is 8.13. The molecule has 0 aliphatic rings. The van der Waals surface area contributed by atoms with Crippen LogP contribution in [0.25, 0.3) is 0 Å². The molecule has 0 atom stereocenters. The van der Waals surface area contributed by atoms with Crippen LogP contribution in [0.3, 0.4) is 0 Å². The lowest BCUT2D eigenvalue weighted by atomic mass is 10.2. The van der Waals surface area contributed by atoms with Crippen molar-refractivity contribution in [2.45, 2.75) is 13.3 Å². The van der Waals surface area contributed by atoms with Gasteiger partial charge < -0.3 is 14.4 Å². The Morgan fingerprint density at radius 3 is 2.73 bits per heavy atom. The van der Waals surface area contributed by atoms with Crippen molar-refractivity contribution in [3.63, 3.8) is 0 Å². The molecule has 9 heteroatoms. The molecule has 120 valence electrons. The number of nitrogens with one attached hydrogen (secondary N) is 1. The van der Waals surface area contributed by atoms with E-state index in [9.17, 15) is 14.9 Å². The summed E-state index contributed by atoms with van der Waals surface area (Å²) in [5, 5.41) is 13.5. The summed E-state index contributed by atoms with van der Waals surface area (Å²) in [6, 6.07) is 4.44. The van der Waals surface area contributed by atoms with Crippen LogP contribution in [0.4, 0.5) is 16.2 Å². The van der Waals surface area contributed by atoms with E-state index in [0.29, 0.717) is 12.4 Å². The Morgan fingerprint density at radius 2 is 2.18 bits per heavy atom. The molecule has 0 aliphatic heterocycles. The number of nitrogens with zero attached hydrogens (tertiary/aromatic N) is 2. The molecule has 1 aromatic rings. The summed E-state index contributed by atoms with van der Waals surface area (Å²) >= 11 is 5.01. The highest BCUT2D eigenvalue weighted by atomic mass is 32.1. The molecule has 0 unspecified atom stereocenters. The van der Waals surface area contributed by atoms with Crippen molar-refractivity contribution in [2.75, 3.05) is 25.7 Å². The quantitative estimate of drug-likeness (QED) is 0.504. The molecule has 0 aliphatic carbocycles. The number of amides is 1. The van der Waals surface area contributed by atoms with Gasteiger partial charge in [0.1, 0.15) is 11.4 Å². The maximum Gasteiger partial charge on any atom is 0.413 e. The summed E-state index contributed by atoms with van der Waals surface area (Å²) < 4.78 is 9.81. The number of carbonyl (C=O) groups excluding carboxylic acids is 1. The summed E-state index contributed by atoms with van der Waals surface area (Å²) in [6.45, 7) is 2.40. The van der Waals surface area contributed by atoms with E-state index in [2.05, 4.69) is 10.1 Å². The highest BCUT2D eigenvalue weighted by Gasteiger charge is 2.21. The summed E-state index contributed by atoms with van der Waals surface area (Å²) in [7, 11) is 2.70. The summed E-state index contributed by atoms with van der Waals surface area (Å²) in [6.07, 6.45) is 0.0465. The van der Waals surface area contributed by atoms with Gasteiger partial charge in [0.25, 0.3) is 5.69 Å². The van der Waals surface area contributed by atoms with Crippen molar-refractivity contribution in [1.82, 2.24) is 5.32 Å². The number of benzene rings is 1. The van der Waals surface area contributed by atoms with Crippen LogP contribution in [0, 0.1) is 10.1 Å². The first-order valence-electron chi connectivity index (χ1n) is 6.44. The largest absolute Gasteiger partial charge is 0.493 e. The third-order valence-electron chi connectivity index (χ3n) is 2.68. The van der Waals surface area contributed by atoms with Gasteiger partial charge in [-0.05, 0) is 30.8 Å². The first-order valence-corrected chi connectivity index (χ1v) is 6.85. The predicted molar refractivity (Wildman–Crippen MR) is 85.4 cm³/mol. The zero-order valence-corrected chi connectivity index (χ0v) is 13.3.